The molecule has 1 aromatic heterocycles. The Bertz CT molecular complexity index is 726. The van der Waals surface area contributed by atoms with Gasteiger partial charge in [0.2, 0.25) is 5.91 Å². The molecule has 2 rings (SSSR count). The summed E-state index contributed by atoms with van der Waals surface area (Å²) in [5.41, 5.74) is 0.703. The van der Waals surface area contributed by atoms with Gasteiger partial charge in [0, 0.05) is 24.5 Å². The Kier molecular flexibility index (Phi) is 5.15. The summed E-state index contributed by atoms with van der Waals surface area (Å²) in [6.45, 7) is 3.44. The molecule has 0 bridgehead atoms. The van der Waals surface area contributed by atoms with Gasteiger partial charge in [0.25, 0.3) is 0 Å². The van der Waals surface area contributed by atoms with E-state index >= 15 is 0 Å². The lowest BCUT2D eigenvalue weighted by molar-refractivity contribution is -0.130. The van der Waals surface area contributed by atoms with E-state index in [1.54, 1.807) is 46.1 Å². The number of furan rings is 1. The summed E-state index contributed by atoms with van der Waals surface area (Å²) in [5.74, 6) is 0.440. The van der Waals surface area contributed by atoms with Crippen LogP contribution in [0.2, 0.25) is 5.02 Å². The van der Waals surface area contributed by atoms with Crippen molar-refractivity contribution in [1.82, 2.24) is 15.5 Å². The third kappa shape index (κ3) is 4.16. The van der Waals surface area contributed by atoms with Crippen molar-refractivity contribution in [2.45, 2.75) is 25.9 Å². The zero-order valence-corrected chi connectivity index (χ0v) is 14.3. The van der Waals surface area contributed by atoms with Crippen LogP contribution in [0.4, 0.5) is 4.79 Å². The average molecular weight is 338 g/mol. The fraction of sp³-hybridized carbons (Fsp3) is 0.375. The predicted molar refractivity (Wildman–Crippen MR) is 89.5 cm³/mol. The molecule has 2 aromatic rings. The summed E-state index contributed by atoms with van der Waals surface area (Å²) in [7, 11) is 3.28. The van der Waals surface area contributed by atoms with Crippen LogP contribution >= 0.6 is 11.6 Å². The number of carbonyl (C=O) groups is 2. The number of rotatable bonds is 4. The van der Waals surface area contributed by atoms with Gasteiger partial charge in [0.05, 0.1) is 6.04 Å². The first kappa shape index (κ1) is 17.1. The molecule has 1 aromatic carbocycles. The van der Waals surface area contributed by atoms with Crippen LogP contribution in [0.1, 0.15) is 25.6 Å². The van der Waals surface area contributed by atoms with Gasteiger partial charge < -0.3 is 20.0 Å². The molecule has 0 saturated heterocycles. The highest BCUT2D eigenvalue weighted by Gasteiger charge is 2.19. The quantitative estimate of drug-likeness (QED) is 0.900. The summed E-state index contributed by atoms with van der Waals surface area (Å²) in [5, 5.41) is 6.85. The zero-order chi connectivity index (χ0) is 17.1. The third-order valence-electron chi connectivity index (χ3n) is 3.43. The first-order chi connectivity index (χ1) is 10.8. The van der Waals surface area contributed by atoms with Crippen molar-refractivity contribution in [2.24, 2.45) is 0 Å². The van der Waals surface area contributed by atoms with Gasteiger partial charge in [0.15, 0.2) is 0 Å². The molecule has 2 N–H and O–H groups in total. The number of nitrogens with zero attached hydrogens (tertiary/aromatic N) is 1. The molecule has 2 atom stereocenters. The summed E-state index contributed by atoms with van der Waals surface area (Å²) < 4.78 is 5.70. The Balaban J connectivity index is 2.01. The minimum absolute atomic E-state index is 0.175. The Labute approximate surface area is 139 Å². The van der Waals surface area contributed by atoms with E-state index in [-0.39, 0.29) is 11.9 Å². The second kappa shape index (κ2) is 6.91. The van der Waals surface area contributed by atoms with Crippen molar-refractivity contribution in [1.29, 1.82) is 0 Å². The van der Waals surface area contributed by atoms with Crippen LogP contribution in [-0.4, -0.2) is 37.0 Å². The Morgan fingerprint density at radius 2 is 1.87 bits per heavy atom. The number of likely N-dealkylation sites (N-methyl/N-ethyl adjacent to an activating group) is 1. The molecule has 6 nitrogen and oxygen atoms in total. The average Bonchev–Trinajstić information content (AvgIpc) is 2.89. The second-order valence-corrected chi connectivity index (χ2v) is 6.06. The van der Waals surface area contributed by atoms with E-state index in [9.17, 15) is 9.59 Å². The number of urea groups is 1. The maximum Gasteiger partial charge on any atom is 0.316 e. The van der Waals surface area contributed by atoms with Gasteiger partial charge in [-0.2, -0.15) is 0 Å². The zero-order valence-electron chi connectivity index (χ0n) is 13.5. The molecule has 1 heterocycles. The number of carbonyl (C=O) groups excluding carboxylic acids is 2. The first-order valence-corrected chi connectivity index (χ1v) is 7.63. The Hall–Kier alpha value is -2.21. The van der Waals surface area contributed by atoms with Gasteiger partial charge in [-0.3, -0.25) is 4.79 Å². The van der Waals surface area contributed by atoms with Gasteiger partial charge in [-0.25, -0.2) is 4.79 Å². The van der Waals surface area contributed by atoms with Crippen molar-refractivity contribution in [3.05, 3.63) is 35.0 Å². The molecule has 0 unspecified atom stereocenters. The predicted octanol–water partition coefficient (Wildman–Crippen LogP) is 2.92. The minimum Gasteiger partial charge on any atom is -0.459 e. The van der Waals surface area contributed by atoms with Crippen molar-refractivity contribution >= 4 is 34.5 Å². The molecule has 0 spiro atoms. The molecule has 0 aliphatic carbocycles. The number of nitrogens with one attached hydrogen (secondary N) is 2. The van der Waals surface area contributed by atoms with Crippen LogP contribution in [0.3, 0.4) is 0 Å². The maximum atomic E-state index is 12.0. The highest BCUT2D eigenvalue weighted by molar-refractivity contribution is 6.31. The van der Waals surface area contributed by atoms with Crippen molar-refractivity contribution in [3.63, 3.8) is 0 Å². The Morgan fingerprint density at radius 1 is 1.17 bits per heavy atom. The third-order valence-corrected chi connectivity index (χ3v) is 3.67. The van der Waals surface area contributed by atoms with Crippen LogP contribution in [0.25, 0.3) is 11.0 Å². The SMILES string of the molecule is C[C@H](NC(=O)N[C@@H](C)c1cc2cc(Cl)ccc2o1)C(=O)N(C)C. The minimum atomic E-state index is -0.605. The van der Waals surface area contributed by atoms with Gasteiger partial charge >= 0.3 is 6.03 Å². The highest BCUT2D eigenvalue weighted by atomic mass is 35.5. The molecule has 0 aliphatic rings. The van der Waals surface area contributed by atoms with E-state index in [4.69, 9.17) is 16.0 Å². The van der Waals surface area contributed by atoms with Gasteiger partial charge in [0.1, 0.15) is 17.4 Å². The lowest BCUT2D eigenvalue weighted by Crippen LogP contribution is -2.48. The lowest BCUT2D eigenvalue weighted by atomic mass is 10.2. The van der Waals surface area contributed by atoms with Crippen molar-refractivity contribution in [2.75, 3.05) is 14.1 Å². The normalized spacial score (nSPS) is 13.4. The number of halogens is 1. The fourth-order valence-corrected chi connectivity index (χ4v) is 2.38. The first-order valence-electron chi connectivity index (χ1n) is 7.25. The van der Waals surface area contributed by atoms with Crippen LogP contribution in [0.15, 0.2) is 28.7 Å². The van der Waals surface area contributed by atoms with Crippen LogP contribution < -0.4 is 10.6 Å². The van der Waals surface area contributed by atoms with Crippen LogP contribution in [0, 0.1) is 0 Å². The van der Waals surface area contributed by atoms with E-state index in [1.165, 1.54) is 4.90 Å². The van der Waals surface area contributed by atoms with E-state index in [0.717, 1.165) is 5.39 Å². The standard InChI is InChI=1S/C16H20ClN3O3/c1-9(18-16(22)19-10(2)15(21)20(3)4)14-8-11-7-12(17)5-6-13(11)23-14/h5-10H,1-4H3,(H2,18,19,22)/t9-,10-/m0/s1. The van der Waals surface area contributed by atoms with Crippen molar-refractivity contribution < 1.29 is 14.0 Å². The summed E-state index contributed by atoms with van der Waals surface area (Å²) in [6.07, 6.45) is 0. The summed E-state index contributed by atoms with van der Waals surface area (Å²) in [6, 6.07) is 5.78. The second-order valence-electron chi connectivity index (χ2n) is 5.62. The van der Waals surface area contributed by atoms with Gasteiger partial charge in [-0.15, -0.1) is 0 Å². The smallest absolute Gasteiger partial charge is 0.316 e. The largest absolute Gasteiger partial charge is 0.459 e. The van der Waals surface area contributed by atoms with E-state index in [1.807, 2.05) is 6.07 Å². The molecule has 0 radical (unpaired) electrons. The topological polar surface area (TPSA) is 74.6 Å². The van der Waals surface area contributed by atoms with E-state index < -0.39 is 12.1 Å². The molecule has 124 valence electrons. The number of hydrogen-bond acceptors (Lipinski definition) is 3. The van der Waals surface area contributed by atoms with Crippen molar-refractivity contribution in [3.8, 4) is 0 Å². The number of amides is 3. The summed E-state index contributed by atoms with van der Waals surface area (Å²) in [4.78, 5) is 25.1. The van der Waals surface area contributed by atoms with Gasteiger partial charge in [-0.1, -0.05) is 11.6 Å². The van der Waals surface area contributed by atoms with E-state index in [2.05, 4.69) is 10.6 Å². The molecule has 23 heavy (non-hydrogen) atoms. The molecule has 0 aliphatic heterocycles. The number of fused-ring (bicyclic) bond motifs is 1. The molecule has 0 fully saturated rings. The molecular weight excluding hydrogens is 318 g/mol. The molecular formula is C16H20ClN3O3. The fourth-order valence-electron chi connectivity index (χ4n) is 2.20. The van der Waals surface area contributed by atoms with E-state index in [0.29, 0.717) is 16.4 Å². The van der Waals surface area contributed by atoms with Crippen LogP contribution in [-0.2, 0) is 4.79 Å². The van der Waals surface area contributed by atoms with Crippen LogP contribution in [0.5, 0.6) is 0 Å². The maximum absolute atomic E-state index is 12.0. The molecule has 3 amide bonds. The lowest BCUT2D eigenvalue weighted by Gasteiger charge is -2.19. The van der Waals surface area contributed by atoms with Gasteiger partial charge in [-0.05, 0) is 38.1 Å². The monoisotopic (exact) mass is 337 g/mol. The molecule has 7 heteroatoms. The molecule has 0 saturated carbocycles. The number of benzene rings is 1. The highest BCUT2D eigenvalue weighted by Crippen LogP contribution is 2.26. The number of hydrogen-bond donors (Lipinski definition) is 2. The summed E-state index contributed by atoms with van der Waals surface area (Å²) >= 11 is 5.95. The Morgan fingerprint density at radius 3 is 2.52 bits per heavy atom.